The molecule has 1 aromatic heterocycles. The molecule has 2 aromatic rings. The van der Waals surface area contributed by atoms with E-state index in [4.69, 9.17) is 19.9 Å². The molecule has 0 spiro atoms. The van der Waals surface area contributed by atoms with Gasteiger partial charge in [-0.15, -0.1) is 0 Å². The molecule has 0 radical (unpaired) electrons. The number of aryl methyl sites for hydroxylation is 2. The highest BCUT2D eigenvalue weighted by Gasteiger charge is 2.15. The van der Waals surface area contributed by atoms with Crippen LogP contribution in [0.4, 0.5) is 0 Å². The number of rotatable bonds is 3. The van der Waals surface area contributed by atoms with Crippen LogP contribution in [-0.2, 0) is 6.54 Å². The molecule has 0 unspecified atom stereocenters. The van der Waals surface area contributed by atoms with Gasteiger partial charge in [0.25, 0.3) is 0 Å². The van der Waals surface area contributed by atoms with Crippen LogP contribution in [0.25, 0.3) is 0 Å². The number of nitrogens with zero attached hydrogens (tertiary/aromatic N) is 1. The fraction of sp³-hybridized carbons (Fsp3) is 0.267. The molecule has 3 rings (SSSR count). The number of ether oxygens (including phenoxy) is 3. The summed E-state index contributed by atoms with van der Waals surface area (Å²) in [5, 5.41) is 0. The quantitative estimate of drug-likeness (QED) is 0.930. The van der Waals surface area contributed by atoms with Crippen LogP contribution in [0.2, 0.25) is 0 Å². The molecule has 5 nitrogen and oxygen atoms in total. The molecule has 2 N–H and O–H groups in total. The van der Waals surface area contributed by atoms with Crippen LogP contribution in [0.15, 0.2) is 24.3 Å². The van der Waals surface area contributed by atoms with Crippen molar-refractivity contribution in [2.75, 3.05) is 6.79 Å². The van der Waals surface area contributed by atoms with Gasteiger partial charge in [0, 0.05) is 35.6 Å². The second-order valence-corrected chi connectivity index (χ2v) is 4.65. The van der Waals surface area contributed by atoms with Gasteiger partial charge < -0.3 is 19.9 Å². The lowest BCUT2D eigenvalue weighted by atomic mass is 10.1. The molecule has 0 aliphatic carbocycles. The first-order valence-electron chi connectivity index (χ1n) is 6.42. The minimum absolute atomic E-state index is 0.250. The second kappa shape index (κ2) is 5.02. The Hall–Kier alpha value is -2.27. The van der Waals surface area contributed by atoms with Crippen LogP contribution in [0.5, 0.6) is 23.0 Å². The van der Waals surface area contributed by atoms with Crippen molar-refractivity contribution >= 4 is 0 Å². The Labute approximate surface area is 117 Å². The lowest BCUT2D eigenvalue weighted by molar-refractivity contribution is 0.174. The summed E-state index contributed by atoms with van der Waals surface area (Å²) in [6.07, 6.45) is 0. The number of hydrogen-bond acceptors (Lipinski definition) is 5. The lowest BCUT2D eigenvalue weighted by Crippen LogP contribution is -2.04. The lowest BCUT2D eigenvalue weighted by Gasteiger charge is -2.13. The Morgan fingerprint density at radius 2 is 2.00 bits per heavy atom. The fourth-order valence-electron chi connectivity index (χ4n) is 2.23. The molecule has 20 heavy (non-hydrogen) atoms. The van der Waals surface area contributed by atoms with Crippen molar-refractivity contribution in [1.29, 1.82) is 0 Å². The number of benzene rings is 1. The summed E-state index contributed by atoms with van der Waals surface area (Å²) in [4.78, 5) is 4.40. The molecule has 0 saturated carbocycles. The fourth-order valence-corrected chi connectivity index (χ4v) is 2.23. The molecule has 0 saturated heterocycles. The molecular weight excluding hydrogens is 256 g/mol. The summed E-state index contributed by atoms with van der Waals surface area (Å²) in [5.41, 5.74) is 8.48. The molecule has 0 amide bonds. The third kappa shape index (κ3) is 2.28. The van der Waals surface area contributed by atoms with E-state index in [2.05, 4.69) is 4.98 Å². The van der Waals surface area contributed by atoms with Crippen molar-refractivity contribution in [2.45, 2.75) is 20.4 Å². The highest BCUT2D eigenvalue weighted by atomic mass is 16.7. The van der Waals surface area contributed by atoms with Crippen molar-refractivity contribution < 1.29 is 14.2 Å². The van der Waals surface area contributed by atoms with E-state index in [1.165, 1.54) is 0 Å². The van der Waals surface area contributed by atoms with Crippen molar-refractivity contribution in [1.82, 2.24) is 4.98 Å². The number of nitrogens with two attached hydrogens (primary N) is 1. The summed E-state index contributed by atoms with van der Waals surface area (Å²) in [7, 11) is 0. The number of hydrogen-bond donors (Lipinski definition) is 1. The van der Waals surface area contributed by atoms with Gasteiger partial charge in [0.2, 0.25) is 6.79 Å². The highest BCUT2D eigenvalue weighted by Crippen LogP contribution is 2.37. The zero-order chi connectivity index (χ0) is 14.1. The summed E-state index contributed by atoms with van der Waals surface area (Å²) < 4.78 is 16.6. The number of pyridine rings is 1. The highest BCUT2D eigenvalue weighted by molar-refractivity contribution is 5.49. The van der Waals surface area contributed by atoms with E-state index in [-0.39, 0.29) is 6.79 Å². The number of fused-ring (bicyclic) bond motifs is 1. The molecule has 5 heteroatoms. The third-order valence-corrected chi connectivity index (χ3v) is 3.19. The Kier molecular flexibility index (Phi) is 3.20. The molecule has 1 aromatic carbocycles. The van der Waals surface area contributed by atoms with E-state index in [9.17, 15) is 0 Å². The van der Waals surface area contributed by atoms with Crippen LogP contribution < -0.4 is 19.9 Å². The minimum atomic E-state index is 0.250. The predicted molar refractivity (Wildman–Crippen MR) is 74.2 cm³/mol. The number of aromatic nitrogens is 1. The first kappa shape index (κ1) is 12.7. The van der Waals surface area contributed by atoms with Gasteiger partial charge in [-0.2, -0.15) is 0 Å². The largest absolute Gasteiger partial charge is 0.457 e. The van der Waals surface area contributed by atoms with Crippen molar-refractivity contribution in [3.05, 3.63) is 41.2 Å². The van der Waals surface area contributed by atoms with Crippen LogP contribution in [0, 0.1) is 13.8 Å². The summed E-state index contributed by atoms with van der Waals surface area (Å²) in [6.45, 7) is 4.50. The van der Waals surface area contributed by atoms with Gasteiger partial charge in [-0.05, 0) is 26.0 Å². The van der Waals surface area contributed by atoms with Crippen molar-refractivity contribution in [2.24, 2.45) is 5.73 Å². The van der Waals surface area contributed by atoms with Gasteiger partial charge in [-0.25, -0.2) is 0 Å². The third-order valence-electron chi connectivity index (χ3n) is 3.19. The Morgan fingerprint density at radius 3 is 2.80 bits per heavy atom. The molecule has 104 valence electrons. The monoisotopic (exact) mass is 272 g/mol. The SMILES string of the molecule is Cc1cc(Oc2ccc3c(c2)OCO3)c(CN)c(C)n1. The Balaban J connectivity index is 1.95. The molecule has 1 aliphatic rings. The van der Waals surface area contributed by atoms with Crippen molar-refractivity contribution in [3.63, 3.8) is 0 Å². The van der Waals surface area contributed by atoms with E-state index < -0.39 is 0 Å². The van der Waals surface area contributed by atoms with Crippen LogP contribution in [0.3, 0.4) is 0 Å². The first-order chi connectivity index (χ1) is 9.67. The van der Waals surface area contributed by atoms with Crippen molar-refractivity contribution in [3.8, 4) is 23.0 Å². The van der Waals surface area contributed by atoms with E-state index >= 15 is 0 Å². The standard InChI is InChI=1S/C15H16N2O3/c1-9-5-14(12(7-16)10(2)17-9)20-11-3-4-13-15(6-11)19-8-18-13/h3-6H,7-8,16H2,1-2H3. The average molecular weight is 272 g/mol. The summed E-state index contributed by atoms with van der Waals surface area (Å²) >= 11 is 0. The van der Waals surface area contributed by atoms with Crippen LogP contribution in [-0.4, -0.2) is 11.8 Å². The second-order valence-electron chi connectivity index (χ2n) is 4.65. The van der Waals surface area contributed by atoms with E-state index in [1.54, 1.807) is 0 Å². The molecule has 0 fully saturated rings. The maximum atomic E-state index is 5.93. The first-order valence-corrected chi connectivity index (χ1v) is 6.42. The molecule has 2 heterocycles. The maximum Gasteiger partial charge on any atom is 0.231 e. The molecule has 0 atom stereocenters. The van der Waals surface area contributed by atoms with Crippen LogP contribution >= 0.6 is 0 Å². The Morgan fingerprint density at radius 1 is 1.20 bits per heavy atom. The molecule has 0 bridgehead atoms. The smallest absolute Gasteiger partial charge is 0.231 e. The Bertz CT molecular complexity index is 656. The van der Waals surface area contributed by atoms with Crippen LogP contribution in [0.1, 0.15) is 17.0 Å². The summed E-state index contributed by atoms with van der Waals surface area (Å²) in [5.74, 6) is 2.85. The van der Waals surface area contributed by atoms with Gasteiger partial charge in [0.15, 0.2) is 11.5 Å². The van der Waals surface area contributed by atoms with E-state index in [0.29, 0.717) is 18.0 Å². The zero-order valence-electron chi connectivity index (χ0n) is 11.5. The van der Waals surface area contributed by atoms with E-state index in [1.807, 2.05) is 38.1 Å². The minimum Gasteiger partial charge on any atom is -0.457 e. The molecular formula is C15H16N2O3. The van der Waals surface area contributed by atoms with E-state index in [0.717, 1.165) is 28.5 Å². The van der Waals surface area contributed by atoms with Gasteiger partial charge in [-0.3, -0.25) is 4.98 Å². The predicted octanol–water partition coefficient (Wildman–Crippen LogP) is 2.68. The average Bonchev–Trinajstić information content (AvgIpc) is 2.85. The summed E-state index contributed by atoms with van der Waals surface area (Å²) in [6, 6.07) is 7.38. The molecule has 1 aliphatic heterocycles. The van der Waals surface area contributed by atoms with Gasteiger partial charge in [0.05, 0.1) is 0 Å². The van der Waals surface area contributed by atoms with Gasteiger partial charge in [-0.1, -0.05) is 0 Å². The maximum absolute atomic E-state index is 5.93. The van der Waals surface area contributed by atoms with Gasteiger partial charge in [0.1, 0.15) is 11.5 Å². The van der Waals surface area contributed by atoms with Gasteiger partial charge >= 0.3 is 0 Å². The zero-order valence-corrected chi connectivity index (χ0v) is 11.5. The normalized spacial score (nSPS) is 12.6. The topological polar surface area (TPSA) is 66.6 Å².